The summed E-state index contributed by atoms with van der Waals surface area (Å²) in [6.07, 6.45) is 2.58. The summed E-state index contributed by atoms with van der Waals surface area (Å²) in [6.45, 7) is 2.42. The van der Waals surface area contributed by atoms with Gasteiger partial charge in [0.1, 0.15) is 24.4 Å². The summed E-state index contributed by atoms with van der Waals surface area (Å²) in [5, 5.41) is 10.3. The second-order valence-corrected chi connectivity index (χ2v) is 5.20. The summed E-state index contributed by atoms with van der Waals surface area (Å²) < 4.78 is 5.84. The predicted octanol–water partition coefficient (Wildman–Crippen LogP) is 3.25. The van der Waals surface area contributed by atoms with Crippen LogP contribution in [0.3, 0.4) is 0 Å². The molecule has 0 aromatic heterocycles. The van der Waals surface area contributed by atoms with Crippen LogP contribution < -0.4 is 10.5 Å². The quantitative estimate of drug-likeness (QED) is 0.608. The van der Waals surface area contributed by atoms with E-state index < -0.39 is 0 Å². The summed E-state index contributed by atoms with van der Waals surface area (Å²) in [4.78, 5) is 10.7. The van der Waals surface area contributed by atoms with Crippen LogP contribution in [0.25, 0.3) is 0 Å². The van der Waals surface area contributed by atoms with Crippen LogP contribution in [-0.2, 0) is 24.2 Å². The van der Waals surface area contributed by atoms with E-state index in [9.17, 15) is 9.90 Å². The minimum absolute atomic E-state index is 0.166. The first-order valence-electron chi connectivity index (χ1n) is 7.40. The van der Waals surface area contributed by atoms with Crippen LogP contribution in [0.1, 0.15) is 30.0 Å². The van der Waals surface area contributed by atoms with Gasteiger partial charge in [-0.3, -0.25) is 0 Å². The summed E-state index contributed by atoms with van der Waals surface area (Å²) >= 11 is 0. The largest absolute Gasteiger partial charge is 0.507 e. The fourth-order valence-corrected chi connectivity index (χ4v) is 2.39. The number of carbonyl (C=O) groups excluding carboxylic acids is 1. The second-order valence-electron chi connectivity index (χ2n) is 5.20. The van der Waals surface area contributed by atoms with Crippen LogP contribution in [0.4, 0.5) is 5.69 Å². The van der Waals surface area contributed by atoms with Crippen LogP contribution >= 0.6 is 0 Å². The standard InChI is InChI=1S/C18H21NO3/c1-2-4-16-17(8-7-14(9-10-20)18(16)21)22-12-13-5-3-6-15(19)11-13/h3,5-8,10-11,21H,2,4,9,12,19H2,1H3. The Morgan fingerprint density at radius 2 is 2.09 bits per heavy atom. The third-order valence-corrected chi connectivity index (χ3v) is 3.47. The fourth-order valence-electron chi connectivity index (χ4n) is 2.39. The molecule has 0 spiro atoms. The number of nitrogens with two attached hydrogens (primary N) is 1. The van der Waals surface area contributed by atoms with Gasteiger partial charge in [0.05, 0.1) is 0 Å². The van der Waals surface area contributed by atoms with Gasteiger partial charge in [0.2, 0.25) is 0 Å². The van der Waals surface area contributed by atoms with Gasteiger partial charge in [0, 0.05) is 23.2 Å². The van der Waals surface area contributed by atoms with Crippen molar-refractivity contribution in [2.24, 2.45) is 0 Å². The molecule has 0 atom stereocenters. The highest BCUT2D eigenvalue weighted by atomic mass is 16.5. The van der Waals surface area contributed by atoms with Crippen molar-refractivity contribution in [3.05, 3.63) is 53.1 Å². The summed E-state index contributed by atoms with van der Waals surface area (Å²) in [7, 11) is 0. The summed E-state index contributed by atoms with van der Waals surface area (Å²) in [5.41, 5.74) is 8.81. The summed E-state index contributed by atoms with van der Waals surface area (Å²) in [5.74, 6) is 0.815. The number of benzene rings is 2. The number of phenolic OH excluding ortho intramolecular Hbond substituents is 1. The highest BCUT2D eigenvalue weighted by Crippen LogP contribution is 2.33. The SMILES string of the molecule is CCCc1c(OCc2cccc(N)c2)ccc(CC=O)c1O. The Morgan fingerprint density at radius 3 is 2.77 bits per heavy atom. The Labute approximate surface area is 130 Å². The number of hydrogen-bond donors (Lipinski definition) is 2. The van der Waals surface area contributed by atoms with Crippen molar-refractivity contribution < 1.29 is 14.6 Å². The van der Waals surface area contributed by atoms with Crippen LogP contribution in [0, 0.1) is 0 Å². The number of nitrogen functional groups attached to an aromatic ring is 1. The lowest BCUT2D eigenvalue weighted by Crippen LogP contribution is -2.01. The molecule has 0 aliphatic carbocycles. The van der Waals surface area contributed by atoms with Gasteiger partial charge in [-0.15, -0.1) is 0 Å². The van der Waals surface area contributed by atoms with Crippen LogP contribution in [0.2, 0.25) is 0 Å². The third kappa shape index (κ3) is 3.79. The minimum atomic E-state index is 0.166. The molecule has 0 fully saturated rings. The Morgan fingerprint density at radius 1 is 1.27 bits per heavy atom. The van der Waals surface area contributed by atoms with E-state index in [2.05, 4.69) is 0 Å². The number of hydrogen-bond acceptors (Lipinski definition) is 4. The third-order valence-electron chi connectivity index (χ3n) is 3.47. The lowest BCUT2D eigenvalue weighted by Gasteiger charge is -2.15. The maximum absolute atomic E-state index is 10.7. The topological polar surface area (TPSA) is 72.5 Å². The number of phenols is 1. The maximum atomic E-state index is 10.7. The molecule has 0 unspecified atom stereocenters. The molecule has 2 aromatic rings. The maximum Gasteiger partial charge on any atom is 0.126 e. The van der Waals surface area contributed by atoms with E-state index in [4.69, 9.17) is 10.5 Å². The normalized spacial score (nSPS) is 10.4. The number of rotatable bonds is 7. The van der Waals surface area contributed by atoms with Gasteiger partial charge >= 0.3 is 0 Å². The molecule has 0 saturated carbocycles. The number of ether oxygens (including phenoxy) is 1. The zero-order chi connectivity index (χ0) is 15.9. The number of carbonyl (C=O) groups is 1. The second kappa shape index (κ2) is 7.50. The lowest BCUT2D eigenvalue weighted by molar-refractivity contribution is -0.107. The van der Waals surface area contributed by atoms with Crippen molar-refractivity contribution in [2.75, 3.05) is 5.73 Å². The molecule has 0 radical (unpaired) electrons. The molecule has 4 heteroatoms. The van der Waals surface area contributed by atoms with Gasteiger partial charge in [0.25, 0.3) is 0 Å². The zero-order valence-corrected chi connectivity index (χ0v) is 12.7. The van der Waals surface area contributed by atoms with Crippen LogP contribution in [0.15, 0.2) is 36.4 Å². The molecular weight excluding hydrogens is 278 g/mol. The first kappa shape index (κ1) is 15.9. The minimum Gasteiger partial charge on any atom is -0.507 e. The highest BCUT2D eigenvalue weighted by Gasteiger charge is 2.13. The molecule has 0 aliphatic rings. The van der Waals surface area contributed by atoms with Crippen molar-refractivity contribution in [1.29, 1.82) is 0 Å². The smallest absolute Gasteiger partial charge is 0.126 e. The Balaban J connectivity index is 2.22. The number of aldehydes is 1. The first-order chi connectivity index (χ1) is 10.7. The molecule has 0 saturated heterocycles. The molecule has 116 valence electrons. The summed E-state index contributed by atoms with van der Waals surface area (Å²) in [6, 6.07) is 11.1. The van der Waals surface area contributed by atoms with Gasteiger partial charge in [-0.1, -0.05) is 31.5 Å². The average molecular weight is 299 g/mol. The van der Waals surface area contributed by atoms with Crippen molar-refractivity contribution >= 4 is 12.0 Å². The Hall–Kier alpha value is -2.49. The molecule has 22 heavy (non-hydrogen) atoms. The Kier molecular flexibility index (Phi) is 5.42. The first-order valence-corrected chi connectivity index (χ1v) is 7.40. The molecule has 0 heterocycles. The van der Waals surface area contributed by atoms with E-state index in [0.29, 0.717) is 30.0 Å². The van der Waals surface area contributed by atoms with E-state index in [1.807, 2.05) is 37.3 Å². The molecule has 0 amide bonds. The van der Waals surface area contributed by atoms with Gasteiger partial charge in [0.15, 0.2) is 0 Å². The number of aromatic hydroxyl groups is 1. The van der Waals surface area contributed by atoms with E-state index in [1.54, 1.807) is 6.07 Å². The van der Waals surface area contributed by atoms with Gasteiger partial charge in [-0.25, -0.2) is 0 Å². The van der Waals surface area contributed by atoms with E-state index in [1.165, 1.54) is 0 Å². The number of anilines is 1. The van der Waals surface area contributed by atoms with Crippen LogP contribution in [-0.4, -0.2) is 11.4 Å². The monoisotopic (exact) mass is 299 g/mol. The van der Waals surface area contributed by atoms with E-state index >= 15 is 0 Å². The average Bonchev–Trinajstić information content (AvgIpc) is 2.51. The molecule has 2 rings (SSSR count). The van der Waals surface area contributed by atoms with Crippen LogP contribution in [0.5, 0.6) is 11.5 Å². The van der Waals surface area contributed by atoms with Gasteiger partial charge in [-0.2, -0.15) is 0 Å². The Bertz CT molecular complexity index is 653. The highest BCUT2D eigenvalue weighted by molar-refractivity contribution is 5.60. The molecule has 0 aliphatic heterocycles. The van der Waals surface area contributed by atoms with Gasteiger partial charge < -0.3 is 20.4 Å². The molecule has 4 nitrogen and oxygen atoms in total. The fraction of sp³-hybridized carbons (Fsp3) is 0.278. The molecular formula is C18H21NO3. The molecule has 3 N–H and O–H groups in total. The van der Waals surface area contributed by atoms with Crippen molar-refractivity contribution in [2.45, 2.75) is 32.8 Å². The zero-order valence-electron chi connectivity index (χ0n) is 12.7. The van der Waals surface area contributed by atoms with Gasteiger partial charge in [-0.05, 0) is 30.2 Å². The predicted molar refractivity (Wildman–Crippen MR) is 87.1 cm³/mol. The van der Waals surface area contributed by atoms with Crippen molar-refractivity contribution in [3.8, 4) is 11.5 Å². The van der Waals surface area contributed by atoms with Crippen molar-refractivity contribution in [3.63, 3.8) is 0 Å². The molecule has 2 aromatic carbocycles. The van der Waals surface area contributed by atoms with E-state index in [-0.39, 0.29) is 12.2 Å². The van der Waals surface area contributed by atoms with Crippen molar-refractivity contribution in [1.82, 2.24) is 0 Å². The molecule has 0 bridgehead atoms. The lowest BCUT2D eigenvalue weighted by atomic mass is 10.0. The van der Waals surface area contributed by atoms with E-state index in [0.717, 1.165) is 23.8 Å².